The monoisotopic (exact) mass is 629 g/mol. The molecule has 39 heavy (non-hydrogen) atoms. The Balaban J connectivity index is 1.62. The van der Waals surface area contributed by atoms with Gasteiger partial charge >= 0.3 is 10.8 Å². The van der Waals surface area contributed by atoms with E-state index in [-0.39, 0.29) is 29.8 Å². The number of thioether (sulfide) groups is 1. The number of fused-ring (bicyclic) bond motifs is 2. The number of hydrogen-bond acceptors (Lipinski definition) is 8. The predicted molar refractivity (Wildman–Crippen MR) is 157 cm³/mol. The van der Waals surface area contributed by atoms with Crippen molar-refractivity contribution < 1.29 is 19.1 Å². The zero-order valence-corrected chi connectivity index (χ0v) is 25.0. The maximum atomic E-state index is 14.0. The van der Waals surface area contributed by atoms with E-state index in [1.165, 1.54) is 21.2 Å². The van der Waals surface area contributed by atoms with Crippen molar-refractivity contribution in [1.29, 1.82) is 0 Å². The van der Waals surface area contributed by atoms with Crippen molar-refractivity contribution in [2.24, 2.45) is 5.92 Å². The van der Waals surface area contributed by atoms with Crippen molar-refractivity contribution in [1.82, 2.24) is 4.57 Å². The molecule has 0 saturated carbocycles. The van der Waals surface area contributed by atoms with Crippen LogP contribution in [-0.4, -0.2) is 47.3 Å². The number of amides is 2. The largest absolute Gasteiger partial charge is 0.465 e. The molecule has 11 heteroatoms. The average molecular weight is 631 g/mol. The number of thiazole rings is 1. The number of imide groups is 1. The van der Waals surface area contributed by atoms with Gasteiger partial charge in [-0.25, -0.2) is 4.90 Å². The summed E-state index contributed by atoms with van der Waals surface area (Å²) in [5.41, 5.74) is 2.42. The molecule has 5 rings (SSSR count). The lowest BCUT2D eigenvalue weighted by Gasteiger charge is -2.31. The lowest BCUT2D eigenvalue weighted by atomic mass is 9.83. The van der Waals surface area contributed by atoms with Crippen LogP contribution in [0.5, 0.6) is 0 Å². The van der Waals surface area contributed by atoms with E-state index in [2.05, 4.69) is 34.7 Å². The summed E-state index contributed by atoms with van der Waals surface area (Å²) in [7, 11) is 0. The molecule has 204 valence electrons. The fraction of sp³-hybridized carbons (Fsp3) is 0.357. The first-order valence-corrected chi connectivity index (χ1v) is 15.3. The molecule has 2 amide bonds. The van der Waals surface area contributed by atoms with Gasteiger partial charge in [0.2, 0.25) is 11.8 Å². The van der Waals surface area contributed by atoms with Crippen molar-refractivity contribution in [3.63, 3.8) is 0 Å². The standard InChI is InChI=1S/C28H28BrN3O5S2/c1-4-30(5-2)18-11-7-16(8-12-18)21-22-23(26(35)32(25(22)34)19-13-9-17(29)10-14-19)38-27-24(21)39-28(36)31(27)15-20(33)37-6-3/h7-14,21-23H,4-6,15H2,1-3H3. The van der Waals surface area contributed by atoms with Gasteiger partial charge in [-0.15, -0.1) is 0 Å². The highest BCUT2D eigenvalue weighted by molar-refractivity contribution is 9.10. The summed E-state index contributed by atoms with van der Waals surface area (Å²) in [5.74, 6) is -2.33. The molecule has 0 spiro atoms. The molecule has 1 fully saturated rings. The fourth-order valence-corrected chi connectivity index (χ4v) is 8.31. The summed E-state index contributed by atoms with van der Waals surface area (Å²) in [6, 6.07) is 15.1. The molecule has 2 aromatic carbocycles. The number of esters is 1. The molecular formula is C28H28BrN3O5S2. The molecule has 0 radical (unpaired) electrons. The van der Waals surface area contributed by atoms with Crippen LogP contribution in [0.3, 0.4) is 0 Å². The molecule has 1 saturated heterocycles. The maximum absolute atomic E-state index is 14.0. The number of rotatable bonds is 8. The van der Waals surface area contributed by atoms with E-state index in [1.807, 2.05) is 24.3 Å². The number of anilines is 2. The van der Waals surface area contributed by atoms with Gasteiger partial charge in [0.25, 0.3) is 0 Å². The zero-order valence-electron chi connectivity index (χ0n) is 21.8. The summed E-state index contributed by atoms with van der Waals surface area (Å²) in [6.45, 7) is 7.58. The Morgan fingerprint density at radius 2 is 1.64 bits per heavy atom. The van der Waals surface area contributed by atoms with Crippen LogP contribution in [0.4, 0.5) is 11.4 Å². The van der Waals surface area contributed by atoms with E-state index < -0.39 is 23.1 Å². The molecule has 3 atom stereocenters. The minimum absolute atomic E-state index is 0.203. The summed E-state index contributed by atoms with van der Waals surface area (Å²) in [5, 5.41) is -0.181. The van der Waals surface area contributed by atoms with Gasteiger partial charge in [-0.1, -0.05) is 51.2 Å². The summed E-state index contributed by atoms with van der Waals surface area (Å²) in [6.07, 6.45) is 0. The van der Waals surface area contributed by atoms with E-state index in [9.17, 15) is 19.2 Å². The Morgan fingerprint density at radius 1 is 0.974 bits per heavy atom. The molecule has 3 aromatic rings. The first-order valence-electron chi connectivity index (χ1n) is 12.8. The van der Waals surface area contributed by atoms with Gasteiger partial charge < -0.3 is 9.64 Å². The van der Waals surface area contributed by atoms with Crippen LogP contribution in [0.15, 0.2) is 62.8 Å². The van der Waals surface area contributed by atoms with Crippen LogP contribution >= 0.6 is 39.0 Å². The molecule has 3 heterocycles. The van der Waals surface area contributed by atoms with Crippen LogP contribution in [0, 0.1) is 5.92 Å². The summed E-state index contributed by atoms with van der Waals surface area (Å²) >= 11 is 5.64. The summed E-state index contributed by atoms with van der Waals surface area (Å²) in [4.78, 5) is 57.1. The third-order valence-electron chi connectivity index (χ3n) is 7.11. The molecule has 3 unspecified atom stereocenters. The highest BCUT2D eigenvalue weighted by atomic mass is 79.9. The zero-order chi connectivity index (χ0) is 27.8. The molecule has 0 bridgehead atoms. The molecule has 8 nitrogen and oxygen atoms in total. The van der Waals surface area contributed by atoms with Crippen molar-refractivity contribution in [3.05, 3.63) is 73.1 Å². The Labute approximate surface area is 243 Å². The molecular weight excluding hydrogens is 602 g/mol. The van der Waals surface area contributed by atoms with Crippen molar-refractivity contribution in [3.8, 4) is 0 Å². The van der Waals surface area contributed by atoms with Gasteiger partial charge in [-0.3, -0.25) is 23.7 Å². The number of nitrogens with zero attached hydrogens (tertiary/aromatic N) is 3. The maximum Gasteiger partial charge on any atom is 0.326 e. The third-order valence-corrected chi connectivity index (χ3v) is 10.2. The van der Waals surface area contributed by atoms with Crippen molar-refractivity contribution in [2.45, 2.75) is 43.5 Å². The lowest BCUT2D eigenvalue weighted by Crippen LogP contribution is -2.32. The molecule has 0 N–H and O–H groups in total. The number of hydrogen-bond donors (Lipinski definition) is 0. The van der Waals surface area contributed by atoms with Crippen molar-refractivity contribution >= 4 is 68.2 Å². The van der Waals surface area contributed by atoms with Crippen LogP contribution in [0.25, 0.3) is 0 Å². The van der Waals surface area contributed by atoms with E-state index in [0.29, 0.717) is 15.6 Å². The van der Waals surface area contributed by atoms with E-state index in [1.54, 1.807) is 31.2 Å². The smallest absolute Gasteiger partial charge is 0.326 e. The molecule has 2 aliphatic heterocycles. The molecule has 1 aromatic heterocycles. The number of aromatic nitrogens is 1. The highest BCUT2D eigenvalue weighted by Gasteiger charge is 2.56. The van der Waals surface area contributed by atoms with Gasteiger partial charge in [-0.05, 0) is 62.7 Å². The fourth-order valence-electron chi connectivity index (χ4n) is 5.28. The number of carbonyl (C=O) groups is 3. The van der Waals surface area contributed by atoms with Gasteiger partial charge in [0.1, 0.15) is 11.8 Å². The Kier molecular flexibility index (Phi) is 8.02. The van der Waals surface area contributed by atoms with E-state index >= 15 is 0 Å². The quantitative estimate of drug-likeness (QED) is 0.259. The second kappa shape index (κ2) is 11.3. The van der Waals surface area contributed by atoms with Crippen LogP contribution in [-0.2, 0) is 25.7 Å². The number of halogens is 1. The van der Waals surface area contributed by atoms with Crippen LogP contribution in [0.1, 0.15) is 37.1 Å². The van der Waals surface area contributed by atoms with E-state index in [0.717, 1.165) is 40.1 Å². The normalized spacial score (nSPS) is 20.1. The first-order chi connectivity index (χ1) is 18.8. The SMILES string of the molecule is CCOC(=O)Cn1c2c(sc1=O)C(c1ccc(N(CC)CC)cc1)C1C(=O)N(c3ccc(Br)cc3)C(=O)C1S2. The minimum Gasteiger partial charge on any atom is -0.465 e. The van der Waals surface area contributed by atoms with Crippen LogP contribution < -0.4 is 14.7 Å². The Hall–Kier alpha value is -2.89. The second-order valence-electron chi connectivity index (χ2n) is 9.22. The number of benzene rings is 2. The molecule has 0 aliphatic carbocycles. The predicted octanol–water partition coefficient (Wildman–Crippen LogP) is 4.88. The minimum atomic E-state index is -0.733. The topological polar surface area (TPSA) is 88.9 Å². The van der Waals surface area contributed by atoms with Gasteiger partial charge in [-0.2, -0.15) is 0 Å². The van der Waals surface area contributed by atoms with Crippen LogP contribution in [0.2, 0.25) is 0 Å². The lowest BCUT2D eigenvalue weighted by molar-refractivity contribution is -0.144. The number of ether oxygens (including phenoxy) is 1. The van der Waals surface area contributed by atoms with Crippen molar-refractivity contribution in [2.75, 3.05) is 29.5 Å². The second-order valence-corrected chi connectivity index (χ2v) is 12.3. The molecule has 2 aliphatic rings. The number of carbonyl (C=O) groups excluding carboxylic acids is 3. The Bertz CT molecular complexity index is 1460. The average Bonchev–Trinajstić information content (AvgIpc) is 3.37. The first kappa shape index (κ1) is 27.7. The van der Waals surface area contributed by atoms with Gasteiger partial charge in [0, 0.05) is 34.0 Å². The van der Waals surface area contributed by atoms with Gasteiger partial charge in [0.15, 0.2) is 0 Å². The Morgan fingerprint density at radius 3 is 2.26 bits per heavy atom. The summed E-state index contributed by atoms with van der Waals surface area (Å²) < 4.78 is 7.32. The third kappa shape index (κ3) is 4.96. The highest BCUT2D eigenvalue weighted by Crippen LogP contribution is 2.54. The van der Waals surface area contributed by atoms with Gasteiger partial charge in [0.05, 0.1) is 23.2 Å². The van der Waals surface area contributed by atoms with E-state index in [4.69, 9.17) is 4.74 Å².